The Hall–Kier alpha value is -3.28. The van der Waals surface area contributed by atoms with Crippen LogP contribution in [-0.4, -0.2) is 54.3 Å². The van der Waals surface area contributed by atoms with E-state index in [1.165, 1.54) is 0 Å². The zero-order valence-corrected chi connectivity index (χ0v) is 27.1. The molecule has 0 radical (unpaired) electrons. The first-order chi connectivity index (χ1) is 20.1. The maximum absolute atomic E-state index is 13.6. The van der Waals surface area contributed by atoms with Gasteiger partial charge in [0.05, 0.1) is 10.6 Å². The lowest BCUT2D eigenvalue weighted by molar-refractivity contribution is -0.199. The van der Waals surface area contributed by atoms with Gasteiger partial charge >= 0.3 is 5.97 Å². The van der Waals surface area contributed by atoms with Crippen LogP contribution in [0, 0.1) is 22.2 Å². The molecule has 43 heavy (non-hydrogen) atoms. The molecular formula is C34H44ClN3O5. The summed E-state index contributed by atoms with van der Waals surface area (Å²) in [6.07, 6.45) is 2.66. The molecule has 0 atom stereocenters. The first-order valence-electron chi connectivity index (χ1n) is 15.0. The second-order valence-corrected chi connectivity index (χ2v) is 14.1. The van der Waals surface area contributed by atoms with Gasteiger partial charge in [0.25, 0.3) is 5.91 Å². The van der Waals surface area contributed by atoms with Crippen LogP contribution in [0.2, 0.25) is 5.02 Å². The van der Waals surface area contributed by atoms with Crippen LogP contribution >= 0.6 is 11.6 Å². The molecule has 1 amide bonds. The predicted octanol–water partition coefficient (Wildman–Crippen LogP) is 6.99. The summed E-state index contributed by atoms with van der Waals surface area (Å²) in [5.74, 6) is 0.335. The summed E-state index contributed by atoms with van der Waals surface area (Å²) in [4.78, 5) is 27.3. The van der Waals surface area contributed by atoms with Crippen LogP contribution < -0.4 is 10.1 Å². The number of carbonyl (C=O) groups excluding carboxylic acids is 2. The van der Waals surface area contributed by atoms with Gasteiger partial charge in [-0.05, 0) is 75.9 Å². The molecule has 1 heterocycles. The lowest BCUT2D eigenvalue weighted by Crippen LogP contribution is -2.74. The molecule has 8 nitrogen and oxygen atoms in total. The van der Waals surface area contributed by atoms with E-state index in [-0.39, 0.29) is 41.5 Å². The number of rotatable bonds is 12. The van der Waals surface area contributed by atoms with Gasteiger partial charge in [0.2, 0.25) is 0 Å². The lowest BCUT2D eigenvalue weighted by Gasteiger charge is -2.65. The third-order valence-corrected chi connectivity index (χ3v) is 8.57. The number of unbranched alkanes of at least 4 members (excludes halogenated alkanes) is 2. The van der Waals surface area contributed by atoms with E-state index < -0.39 is 5.60 Å². The number of nitriles is 1. The van der Waals surface area contributed by atoms with Gasteiger partial charge in [-0.3, -0.25) is 4.79 Å². The molecule has 2 aromatic carbocycles. The molecule has 1 fully saturated rings. The number of nitrogens with zero attached hydrogens (tertiary/aromatic N) is 2. The number of anilines is 1. The summed E-state index contributed by atoms with van der Waals surface area (Å²) in [5, 5.41) is 13.0. The van der Waals surface area contributed by atoms with E-state index in [0.29, 0.717) is 29.5 Å². The summed E-state index contributed by atoms with van der Waals surface area (Å²) in [6.45, 7) is 16.0. The van der Waals surface area contributed by atoms with Gasteiger partial charge in [-0.2, -0.15) is 5.26 Å². The lowest BCUT2D eigenvalue weighted by atomic mass is 9.49. The molecule has 0 saturated heterocycles. The summed E-state index contributed by atoms with van der Waals surface area (Å²) in [6, 6.07) is 13.2. The Bertz CT molecular complexity index is 1380. The van der Waals surface area contributed by atoms with Crippen molar-refractivity contribution in [2.75, 3.05) is 25.1 Å². The van der Waals surface area contributed by atoms with Crippen LogP contribution in [0.5, 0.6) is 5.75 Å². The molecular weight excluding hydrogens is 566 g/mol. The van der Waals surface area contributed by atoms with Gasteiger partial charge < -0.3 is 24.4 Å². The first-order valence-corrected chi connectivity index (χ1v) is 15.4. The van der Waals surface area contributed by atoms with Crippen molar-refractivity contribution in [3.05, 3.63) is 58.1 Å². The standard InChI is InChI=1S/C34H44ClN3O5/c1-32(2,3)43-28(39)21-41-16-10-8-9-15-37-24-12-14-26-23(17-24)20-38(29(26)40)30-33(4,5)31(34(30,6)7)42-25-13-11-22(19-36)27(35)18-25/h11-14,17-18,30-31,37H,8-10,15-16,20-21H2,1-7H3. The van der Waals surface area contributed by atoms with Crippen LogP contribution in [0.15, 0.2) is 36.4 Å². The fourth-order valence-electron chi connectivity index (χ4n) is 6.94. The van der Waals surface area contributed by atoms with Crippen molar-refractivity contribution in [3.63, 3.8) is 0 Å². The van der Waals surface area contributed by atoms with E-state index in [0.717, 1.165) is 42.6 Å². The molecule has 9 heteroatoms. The molecule has 0 aromatic heterocycles. The molecule has 232 valence electrons. The number of hydrogen-bond donors (Lipinski definition) is 1. The number of nitrogens with one attached hydrogen (secondary N) is 1. The number of benzene rings is 2. The maximum Gasteiger partial charge on any atom is 0.332 e. The van der Waals surface area contributed by atoms with E-state index in [4.69, 9.17) is 25.8 Å². The monoisotopic (exact) mass is 609 g/mol. The normalized spacial score (nSPS) is 20.2. The molecule has 0 spiro atoms. The molecule has 2 aromatic rings. The minimum absolute atomic E-state index is 0.0186. The second kappa shape index (κ2) is 12.8. The highest BCUT2D eigenvalue weighted by Crippen LogP contribution is 2.59. The molecule has 0 unspecified atom stereocenters. The van der Waals surface area contributed by atoms with E-state index in [1.54, 1.807) is 18.2 Å². The average Bonchev–Trinajstić information content (AvgIpc) is 3.21. The van der Waals surface area contributed by atoms with Crippen LogP contribution in [0.4, 0.5) is 5.69 Å². The number of amides is 1. The zero-order valence-electron chi connectivity index (χ0n) is 26.4. The van der Waals surface area contributed by atoms with E-state index in [1.807, 2.05) is 37.8 Å². The first kappa shape index (κ1) is 32.6. The third-order valence-electron chi connectivity index (χ3n) is 8.26. The fraction of sp³-hybridized carbons (Fsp3) is 0.559. The molecule has 1 N–H and O–H groups in total. The quantitative estimate of drug-likeness (QED) is 0.204. The number of carbonyl (C=O) groups is 2. The summed E-state index contributed by atoms with van der Waals surface area (Å²) in [5.41, 5.74) is 2.08. The maximum atomic E-state index is 13.6. The van der Waals surface area contributed by atoms with Crippen LogP contribution in [0.3, 0.4) is 0 Å². The smallest absolute Gasteiger partial charge is 0.332 e. The zero-order chi connectivity index (χ0) is 31.6. The summed E-state index contributed by atoms with van der Waals surface area (Å²) in [7, 11) is 0. The SMILES string of the molecule is CC(C)(C)OC(=O)COCCCCCNc1ccc2c(c1)CN(C1C(C)(C)C(Oc3ccc(C#N)c(Cl)c3)C1(C)C)C2=O. The Kier molecular flexibility index (Phi) is 9.68. The highest BCUT2D eigenvalue weighted by atomic mass is 35.5. The molecule has 0 bridgehead atoms. The molecule has 1 aliphatic carbocycles. The van der Waals surface area contributed by atoms with Crippen molar-refractivity contribution < 1.29 is 23.8 Å². The van der Waals surface area contributed by atoms with Crippen LogP contribution in [0.1, 0.15) is 89.2 Å². The van der Waals surface area contributed by atoms with Gasteiger partial charge in [-0.25, -0.2) is 4.79 Å². The highest BCUT2D eigenvalue weighted by molar-refractivity contribution is 6.31. The Labute approximate surface area is 260 Å². The number of hydrogen-bond acceptors (Lipinski definition) is 7. The Morgan fingerprint density at radius 2 is 1.81 bits per heavy atom. The molecule has 1 aliphatic heterocycles. The predicted molar refractivity (Wildman–Crippen MR) is 167 cm³/mol. The minimum atomic E-state index is -0.499. The van der Waals surface area contributed by atoms with Crippen molar-refractivity contribution in [1.82, 2.24) is 4.90 Å². The van der Waals surface area contributed by atoms with Gasteiger partial charge in [0, 0.05) is 53.9 Å². The number of esters is 1. The van der Waals surface area contributed by atoms with Gasteiger partial charge in [0.15, 0.2) is 0 Å². The second-order valence-electron chi connectivity index (χ2n) is 13.7. The molecule has 2 aliphatic rings. The average molecular weight is 610 g/mol. The number of fused-ring (bicyclic) bond motifs is 1. The van der Waals surface area contributed by atoms with Crippen molar-refractivity contribution in [1.29, 1.82) is 5.26 Å². The van der Waals surface area contributed by atoms with Crippen LogP contribution in [-0.2, 0) is 20.8 Å². The Balaban J connectivity index is 1.27. The Morgan fingerprint density at radius 3 is 2.47 bits per heavy atom. The topological polar surface area (TPSA) is 101 Å². The van der Waals surface area contributed by atoms with E-state index in [9.17, 15) is 14.9 Å². The molecule has 4 rings (SSSR count). The largest absolute Gasteiger partial charge is 0.489 e. The van der Waals surface area contributed by atoms with Crippen LogP contribution in [0.25, 0.3) is 0 Å². The number of ether oxygens (including phenoxy) is 3. The van der Waals surface area contributed by atoms with Crippen molar-refractivity contribution in [2.24, 2.45) is 10.8 Å². The van der Waals surface area contributed by atoms with Crippen molar-refractivity contribution >= 4 is 29.2 Å². The summed E-state index contributed by atoms with van der Waals surface area (Å²) >= 11 is 6.24. The van der Waals surface area contributed by atoms with Crippen molar-refractivity contribution in [3.8, 4) is 11.8 Å². The van der Waals surface area contributed by atoms with Gasteiger partial charge in [0.1, 0.15) is 30.1 Å². The highest BCUT2D eigenvalue weighted by Gasteiger charge is 2.67. The fourth-order valence-corrected chi connectivity index (χ4v) is 7.15. The third kappa shape index (κ3) is 7.27. The van der Waals surface area contributed by atoms with E-state index >= 15 is 0 Å². The Morgan fingerprint density at radius 1 is 1.09 bits per heavy atom. The number of halogens is 1. The summed E-state index contributed by atoms with van der Waals surface area (Å²) < 4.78 is 17.1. The van der Waals surface area contributed by atoms with Crippen molar-refractivity contribution in [2.45, 2.75) is 92.0 Å². The van der Waals surface area contributed by atoms with Gasteiger partial charge in [-0.1, -0.05) is 39.3 Å². The minimum Gasteiger partial charge on any atom is -0.489 e. The van der Waals surface area contributed by atoms with E-state index in [2.05, 4.69) is 45.1 Å². The van der Waals surface area contributed by atoms with Gasteiger partial charge in [-0.15, -0.1) is 0 Å². The molecule has 1 saturated carbocycles.